The van der Waals surface area contributed by atoms with Crippen LogP contribution in [0.5, 0.6) is 5.75 Å². The fraction of sp³-hybridized carbons (Fsp3) is 0.182. The number of ether oxygens (including phenoxy) is 1. The molecule has 0 saturated carbocycles. The van der Waals surface area contributed by atoms with Gasteiger partial charge in [0, 0.05) is 0 Å². The van der Waals surface area contributed by atoms with Crippen LogP contribution in [0.3, 0.4) is 0 Å². The van der Waals surface area contributed by atoms with Crippen molar-refractivity contribution in [3.63, 3.8) is 0 Å². The number of carboxylic acid groups (broad SMARTS) is 1. The summed E-state index contributed by atoms with van der Waals surface area (Å²) in [5.74, 6) is -0.349. The van der Waals surface area contributed by atoms with Gasteiger partial charge in [-0.2, -0.15) is 0 Å². The average molecular weight is 221 g/mol. The normalized spacial score (nSPS) is 22.8. The van der Waals surface area contributed by atoms with E-state index in [0.29, 0.717) is 11.3 Å². The second kappa shape index (κ2) is 3.86. The minimum Gasteiger partial charge on any atom is -0.497 e. The highest BCUT2D eigenvalue weighted by Gasteiger charge is 2.41. The Labute approximate surface area is 92.2 Å². The van der Waals surface area contributed by atoms with Crippen LogP contribution in [0.4, 0.5) is 0 Å². The Morgan fingerprint density at radius 1 is 1.44 bits per heavy atom. The number of carbonyl (C=O) groups is 1. The first-order chi connectivity index (χ1) is 7.69. The van der Waals surface area contributed by atoms with E-state index in [2.05, 4.69) is 5.48 Å². The highest BCUT2D eigenvalue weighted by Crippen LogP contribution is 2.28. The first-order valence-corrected chi connectivity index (χ1v) is 4.67. The number of hydrogen-bond donors (Lipinski definition) is 2. The van der Waals surface area contributed by atoms with Crippen molar-refractivity contribution in [1.29, 1.82) is 0 Å². The van der Waals surface area contributed by atoms with Crippen LogP contribution in [0.1, 0.15) is 5.56 Å². The molecule has 5 nitrogen and oxygen atoms in total. The molecule has 2 N–H and O–H groups in total. The van der Waals surface area contributed by atoms with Crippen LogP contribution < -0.4 is 10.2 Å². The lowest BCUT2D eigenvalue weighted by Gasteiger charge is -2.21. The zero-order chi connectivity index (χ0) is 11.6. The first kappa shape index (κ1) is 10.5. The molecule has 5 heteroatoms. The third-order valence-electron chi connectivity index (χ3n) is 2.49. The quantitative estimate of drug-likeness (QED) is 0.797. The number of aliphatic carboxylic acids is 1. The molecule has 1 aromatic carbocycles. The Morgan fingerprint density at radius 3 is 2.56 bits per heavy atom. The van der Waals surface area contributed by atoms with Crippen molar-refractivity contribution in [2.75, 3.05) is 7.11 Å². The van der Waals surface area contributed by atoms with Crippen LogP contribution >= 0.6 is 0 Å². The lowest BCUT2D eigenvalue weighted by atomic mass is 9.91. The SMILES string of the molecule is COc1ccc(C2(C(=O)O)C=CON2)cc1. The molecule has 1 aliphatic heterocycles. The summed E-state index contributed by atoms with van der Waals surface area (Å²) >= 11 is 0. The highest BCUT2D eigenvalue weighted by atomic mass is 16.6. The van der Waals surface area contributed by atoms with Crippen molar-refractivity contribution in [2.24, 2.45) is 0 Å². The average Bonchev–Trinajstić information content (AvgIpc) is 2.79. The minimum atomic E-state index is -1.31. The summed E-state index contributed by atoms with van der Waals surface area (Å²) in [6.07, 6.45) is 2.77. The smallest absolute Gasteiger partial charge is 0.336 e. The van der Waals surface area contributed by atoms with Gasteiger partial charge >= 0.3 is 5.97 Å². The Kier molecular flexibility index (Phi) is 2.54. The van der Waals surface area contributed by atoms with Gasteiger partial charge in [-0.25, -0.2) is 4.79 Å². The zero-order valence-corrected chi connectivity index (χ0v) is 8.64. The van der Waals surface area contributed by atoms with Gasteiger partial charge in [-0.1, -0.05) is 12.1 Å². The second-order valence-corrected chi connectivity index (χ2v) is 3.36. The molecule has 1 aromatic rings. The predicted molar refractivity (Wildman–Crippen MR) is 55.7 cm³/mol. The van der Waals surface area contributed by atoms with Crippen LogP contribution in [-0.4, -0.2) is 18.2 Å². The topological polar surface area (TPSA) is 67.8 Å². The first-order valence-electron chi connectivity index (χ1n) is 4.67. The number of carboxylic acids is 1. The summed E-state index contributed by atoms with van der Waals surface area (Å²) in [7, 11) is 1.55. The molecule has 16 heavy (non-hydrogen) atoms. The largest absolute Gasteiger partial charge is 0.497 e. The van der Waals surface area contributed by atoms with E-state index in [1.807, 2.05) is 0 Å². The van der Waals surface area contributed by atoms with Gasteiger partial charge < -0.3 is 14.7 Å². The summed E-state index contributed by atoms with van der Waals surface area (Å²) in [6, 6.07) is 6.76. The summed E-state index contributed by atoms with van der Waals surface area (Å²) < 4.78 is 5.01. The third kappa shape index (κ3) is 1.51. The Balaban J connectivity index is 2.40. The van der Waals surface area contributed by atoms with Gasteiger partial charge in [0.05, 0.1) is 7.11 Å². The van der Waals surface area contributed by atoms with Gasteiger partial charge in [0.2, 0.25) is 0 Å². The van der Waals surface area contributed by atoms with Crippen molar-refractivity contribution < 1.29 is 19.5 Å². The van der Waals surface area contributed by atoms with Gasteiger partial charge in [-0.15, -0.1) is 5.48 Å². The summed E-state index contributed by atoms with van der Waals surface area (Å²) in [4.78, 5) is 16.0. The maximum absolute atomic E-state index is 11.3. The molecule has 0 aliphatic carbocycles. The van der Waals surface area contributed by atoms with Crippen molar-refractivity contribution >= 4 is 5.97 Å². The summed E-state index contributed by atoms with van der Waals surface area (Å²) in [6.45, 7) is 0. The number of hydroxylamine groups is 1. The van der Waals surface area contributed by atoms with E-state index in [4.69, 9.17) is 9.57 Å². The molecular formula is C11H11NO4. The maximum atomic E-state index is 11.3. The molecule has 0 spiro atoms. The fourth-order valence-electron chi connectivity index (χ4n) is 1.54. The van der Waals surface area contributed by atoms with E-state index in [9.17, 15) is 9.90 Å². The molecule has 1 aliphatic rings. The molecule has 1 heterocycles. The summed E-state index contributed by atoms with van der Waals surface area (Å²) in [5.41, 5.74) is 1.74. The fourth-order valence-corrected chi connectivity index (χ4v) is 1.54. The standard InChI is InChI=1S/C11H11NO4/c1-15-9-4-2-8(3-5-9)11(10(13)14)6-7-16-12-11/h2-7,12H,1H3,(H,13,14). The monoisotopic (exact) mass is 221 g/mol. The van der Waals surface area contributed by atoms with E-state index in [0.717, 1.165) is 0 Å². The maximum Gasteiger partial charge on any atom is 0.336 e. The molecule has 0 fully saturated rings. The van der Waals surface area contributed by atoms with Crippen molar-refractivity contribution in [3.05, 3.63) is 42.2 Å². The number of methoxy groups -OCH3 is 1. The number of benzene rings is 1. The van der Waals surface area contributed by atoms with E-state index < -0.39 is 11.5 Å². The predicted octanol–water partition coefficient (Wildman–Crippen LogP) is 1.02. The zero-order valence-electron chi connectivity index (χ0n) is 8.64. The van der Waals surface area contributed by atoms with Crippen LogP contribution in [0.25, 0.3) is 0 Å². The summed E-state index contributed by atoms with van der Waals surface area (Å²) in [5, 5.41) is 9.22. The molecule has 0 aromatic heterocycles. The second-order valence-electron chi connectivity index (χ2n) is 3.36. The molecule has 0 amide bonds. The van der Waals surface area contributed by atoms with E-state index in [1.165, 1.54) is 12.3 Å². The van der Waals surface area contributed by atoms with Gasteiger partial charge in [-0.05, 0) is 23.8 Å². The Bertz CT molecular complexity index is 426. The van der Waals surface area contributed by atoms with Gasteiger partial charge in [0.15, 0.2) is 5.54 Å². The number of nitrogens with one attached hydrogen (secondary N) is 1. The van der Waals surface area contributed by atoms with E-state index >= 15 is 0 Å². The van der Waals surface area contributed by atoms with Gasteiger partial charge in [-0.3, -0.25) is 0 Å². The number of hydrogen-bond acceptors (Lipinski definition) is 4. The Morgan fingerprint density at radius 2 is 2.12 bits per heavy atom. The lowest BCUT2D eigenvalue weighted by Crippen LogP contribution is -2.43. The third-order valence-corrected chi connectivity index (χ3v) is 2.49. The minimum absolute atomic E-state index is 0.578. The molecule has 0 bridgehead atoms. The van der Waals surface area contributed by atoms with Crippen LogP contribution in [0.15, 0.2) is 36.6 Å². The number of rotatable bonds is 3. The van der Waals surface area contributed by atoms with Crippen molar-refractivity contribution in [3.8, 4) is 5.75 Å². The van der Waals surface area contributed by atoms with Crippen molar-refractivity contribution in [2.45, 2.75) is 5.54 Å². The molecule has 2 rings (SSSR count). The van der Waals surface area contributed by atoms with Gasteiger partial charge in [0.25, 0.3) is 0 Å². The molecule has 1 unspecified atom stereocenters. The van der Waals surface area contributed by atoms with Crippen LogP contribution in [-0.2, 0) is 15.2 Å². The molecule has 84 valence electrons. The van der Waals surface area contributed by atoms with Crippen LogP contribution in [0.2, 0.25) is 0 Å². The van der Waals surface area contributed by atoms with E-state index in [1.54, 1.807) is 31.4 Å². The van der Waals surface area contributed by atoms with Crippen molar-refractivity contribution in [1.82, 2.24) is 5.48 Å². The lowest BCUT2D eigenvalue weighted by molar-refractivity contribution is -0.146. The molecular weight excluding hydrogens is 210 g/mol. The molecule has 0 radical (unpaired) electrons. The highest BCUT2D eigenvalue weighted by molar-refractivity contribution is 5.83. The van der Waals surface area contributed by atoms with Crippen LogP contribution in [0, 0.1) is 0 Å². The van der Waals surface area contributed by atoms with E-state index in [-0.39, 0.29) is 0 Å². The molecule has 1 atom stereocenters. The Hall–Kier alpha value is -2.01. The van der Waals surface area contributed by atoms with Gasteiger partial charge in [0.1, 0.15) is 12.0 Å². The molecule has 0 saturated heterocycles.